The molecular formula is C22H20N2O6. The predicted octanol–water partition coefficient (Wildman–Crippen LogP) is 3.37. The summed E-state index contributed by atoms with van der Waals surface area (Å²) in [5, 5.41) is 22.1. The van der Waals surface area contributed by atoms with Gasteiger partial charge in [0.1, 0.15) is 22.8 Å². The monoisotopic (exact) mass is 408 g/mol. The number of methoxy groups -OCH3 is 2. The number of hydrogen-bond donors (Lipinski definition) is 3. The van der Waals surface area contributed by atoms with E-state index in [2.05, 4.69) is 5.32 Å². The number of carbonyl (C=O) groups is 2. The molecule has 0 unspecified atom stereocenters. The van der Waals surface area contributed by atoms with Gasteiger partial charge in [0.2, 0.25) is 5.91 Å². The van der Waals surface area contributed by atoms with Crippen LogP contribution >= 0.6 is 0 Å². The third kappa shape index (κ3) is 3.22. The van der Waals surface area contributed by atoms with E-state index in [1.165, 1.54) is 13.3 Å². The molecule has 1 aliphatic heterocycles. The van der Waals surface area contributed by atoms with Gasteiger partial charge in [0.15, 0.2) is 0 Å². The minimum Gasteiger partial charge on any atom is -0.508 e. The lowest BCUT2D eigenvalue weighted by Gasteiger charge is -2.26. The Morgan fingerprint density at radius 1 is 1.13 bits per heavy atom. The highest BCUT2D eigenvalue weighted by Gasteiger charge is 2.35. The zero-order valence-corrected chi connectivity index (χ0v) is 16.4. The van der Waals surface area contributed by atoms with Gasteiger partial charge >= 0.3 is 5.97 Å². The molecule has 0 aliphatic carbocycles. The maximum Gasteiger partial charge on any atom is 0.339 e. The number of nitrogens with zero attached hydrogens (tertiary/aromatic N) is 1. The normalized spacial score (nSPS) is 15.3. The van der Waals surface area contributed by atoms with E-state index in [0.717, 1.165) is 5.56 Å². The van der Waals surface area contributed by atoms with Crippen LogP contribution in [0.25, 0.3) is 5.69 Å². The van der Waals surface area contributed by atoms with Gasteiger partial charge in [-0.15, -0.1) is 0 Å². The third-order valence-corrected chi connectivity index (χ3v) is 5.20. The Morgan fingerprint density at radius 3 is 2.50 bits per heavy atom. The first-order valence-corrected chi connectivity index (χ1v) is 9.22. The van der Waals surface area contributed by atoms with E-state index in [9.17, 15) is 19.8 Å². The Bertz CT molecular complexity index is 1130. The number of ether oxygens (including phenoxy) is 2. The second-order valence-corrected chi connectivity index (χ2v) is 6.91. The van der Waals surface area contributed by atoms with E-state index in [4.69, 9.17) is 9.47 Å². The molecule has 2 aromatic carbocycles. The first-order chi connectivity index (χ1) is 14.4. The summed E-state index contributed by atoms with van der Waals surface area (Å²) in [6.45, 7) is 0. The molecule has 8 nitrogen and oxygen atoms in total. The number of aromatic carboxylic acids is 1. The number of benzene rings is 2. The lowest BCUT2D eigenvalue weighted by Crippen LogP contribution is -2.25. The van der Waals surface area contributed by atoms with Crippen molar-refractivity contribution in [3.8, 4) is 22.9 Å². The Hall–Kier alpha value is -3.94. The molecule has 3 N–H and O–H groups in total. The van der Waals surface area contributed by atoms with E-state index < -0.39 is 11.9 Å². The maximum atomic E-state index is 12.4. The number of phenolic OH excluding ortho intramolecular Hbond substituents is 1. The van der Waals surface area contributed by atoms with E-state index in [1.54, 1.807) is 54.1 Å². The van der Waals surface area contributed by atoms with Gasteiger partial charge in [-0.1, -0.05) is 12.1 Å². The molecule has 1 atom stereocenters. The van der Waals surface area contributed by atoms with Crippen molar-refractivity contribution >= 4 is 17.6 Å². The van der Waals surface area contributed by atoms with Crippen LogP contribution in [0.3, 0.4) is 0 Å². The first-order valence-electron chi connectivity index (χ1n) is 9.22. The minimum atomic E-state index is -1.15. The fourth-order valence-corrected chi connectivity index (χ4v) is 3.80. The molecule has 1 aromatic heterocycles. The highest BCUT2D eigenvalue weighted by molar-refractivity contribution is 6.04. The molecule has 0 radical (unpaired) electrons. The standard InChI is InChI=1S/C22H20N2O6/c1-29-14-7-8-17(18(9-14)30-2)24-11-16(22(27)28)20-21(24)15(10-19(26)23-20)12-3-5-13(25)6-4-12/h3-9,11,15,25H,10H2,1-2H3,(H,23,26)(H,27,28)/t15-/m1/s1. The highest BCUT2D eigenvalue weighted by Crippen LogP contribution is 2.43. The number of aromatic hydroxyl groups is 1. The number of anilines is 1. The van der Waals surface area contributed by atoms with Gasteiger partial charge in [-0.2, -0.15) is 0 Å². The zero-order chi connectivity index (χ0) is 21.4. The molecule has 3 aromatic rings. The van der Waals surface area contributed by atoms with Crippen LogP contribution in [0, 0.1) is 0 Å². The summed E-state index contributed by atoms with van der Waals surface area (Å²) in [5.74, 6) is -0.637. The summed E-state index contributed by atoms with van der Waals surface area (Å²) in [6.07, 6.45) is 1.62. The molecule has 1 aliphatic rings. The number of carboxylic acid groups (broad SMARTS) is 1. The number of nitrogens with one attached hydrogen (secondary N) is 1. The van der Waals surface area contributed by atoms with Crippen LogP contribution in [-0.4, -0.2) is 40.9 Å². The smallest absolute Gasteiger partial charge is 0.339 e. The maximum absolute atomic E-state index is 12.4. The number of fused-ring (bicyclic) bond motifs is 1. The Balaban J connectivity index is 1.98. The van der Waals surface area contributed by atoms with Crippen LogP contribution in [0.1, 0.15) is 34.0 Å². The molecule has 4 rings (SSSR count). The summed E-state index contributed by atoms with van der Waals surface area (Å²) in [6, 6.07) is 11.8. The van der Waals surface area contributed by atoms with Crippen molar-refractivity contribution in [2.75, 3.05) is 19.5 Å². The molecule has 0 spiro atoms. The van der Waals surface area contributed by atoms with Gasteiger partial charge < -0.3 is 29.6 Å². The molecule has 0 saturated carbocycles. The zero-order valence-electron chi connectivity index (χ0n) is 16.4. The molecule has 0 bridgehead atoms. The number of rotatable bonds is 5. The van der Waals surface area contributed by atoms with Gasteiger partial charge in [-0.3, -0.25) is 4.79 Å². The van der Waals surface area contributed by atoms with E-state index in [1.807, 2.05) is 0 Å². The minimum absolute atomic E-state index is 0.0142. The topological polar surface area (TPSA) is 110 Å². The fraction of sp³-hybridized carbons (Fsp3) is 0.182. The lowest BCUT2D eigenvalue weighted by atomic mass is 9.88. The predicted molar refractivity (Wildman–Crippen MR) is 109 cm³/mol. The van der Waals surface area contributed by atoms with Crippen molar-refractivity contribution in [3.05, 3.63) is 65.5 Å². The summed E-state index contributed by atoms with van der Waals surface area (Å²) in [5.41, 5.74) is 2.27. The average molecular weight is 408 g/mol. The van der Waals surface area contributed by atoms with Crippen LogP contribution in [0.2, 0.25) is 0 Å². The van der Waals surface area contributed by atoms with Crippen LogP contribution in [0.15, 0.2) is 48.7 Å². The number of carbonyl (C=O) groups excluding carboxylic acids is 1. The second-order valence-electron chi connectivity index (χ2n) is 6.91. The Labute approximate surface area is 172 Å². The van der Waals surface area contributed by atoms with Crippen LogP contribution in [0.5, 0.6) is 17.2 Å². The van der Waals surface area contributed by atoms with Crippen LogP contribution in [0.4, 0.5) is 5.69 Å². The SMILES string of the molecule is COc1ccc(-n2cc(C(=O)O)c3c2[C@@H](c2ccc(O)cc2)CC(=O)N3)c(OC)c1. The van der Waals surface area contributed by atoms with Gasteiger partial charge in [-0.25, -0.2) is 4.79 Å². The quantitative estimate of drug-likeness (QED) is 0.597. The molecule has 0 saturated heterocycles. The molecular weight excluding hydrogens is 388 g/mol. The number of hydrogen-bond acceptors (Lipinski definition) is 5. The molecule has 154 valence electrons. The lowest BCUT2D eigenvalue weighted by molar-refractivity contribution is -0.116. The summed E-state index contributed by atoms with van der Waals surface area (Å²) < 4.78 is 12.5. The highest BCUT2D eigenvalue weighted by atomic mass is 16.5. The van der Waals surface area contributed by atoms with Gasteiger partial charge in [0.05, 0.1) is 31.3 Å². The van der Waals surface area contributed by atoms with Crippen LogP contribution < -0.4 is 14.8 Å². The Kier molecular flexibility index (Phi) is 4.83. The number of phenols is 1. The molecule has 1 amide bonds. The largest absolute Gasteiger partial charge is 0.508 e. The van der Waals surface area contributed by atoms with Gasteiger partial charge in [0, 0.05) is 24.6 Å². The number of amides is 1. The van der Waals surface area contributed by atoms with Crippen molar-refractivity contribution in [3.63, 3.8) is 0 Å². The first kappa shape index (κ1) is 19.4. The second kappa shape index (κ2) is 7.47. The van der Waals surface area contributed by atoms with E-state index in [-0.39, 0.29) is 29.3 Å². The number of aromatic nitrogens is 1. The van der Waals surface area contributed by atoms with E-state index in [0.29, 0.717) is 22.9 Å². The van der Waals surface area contributed by atoms with Crippen molar-refractivity contribution in [1.82, 2.24) is 4.57 Å². The van der Waals surface area contributed by atoms with E-state index >= 15 is 0 Å². The van der Waals surface area contributed by atoms with Crippen molar-refractivity contribution in [2.45, 2.75) is 12.3 Å². The fourth-order valence-electron chi connectivity index (χ4n) is 3.80. The van der Waals surface area contributed by atoms with Gasteiger partial charge in [-0.05, 0) is 29.8 Å². The summed E-state index contributed by atoms with van der Waals surface area (Å²) >= 11 is 0. The summed E-state index contributed by atoms with van der Waals surface area (Å²) in [7, 11) is 3.07. The molecule has 30 heavy (non-hydrogen) atoms. The summed E-state index contributed by atoms with van der Waals surface area (Å²) in [4.78, 5) is 24.3. The van der Waals surface area contributed by atoms with Crippen molar-refractivity contribution < 1.29 is 29.3 Å². The third-order valence-electron chi connectivity index (χ3n) is 5.20. The van der Waals surface area contributed by atoms with Crippen LogP contribution in [-0.2, 0) is 4.79 Å². The van der Waals surface area contributed by atoms with Crippen molar-refractivity contribution in [1.29, 1.82) is 0 Å². The van der Waals surface area contributed by atoms with Crippen molar-refractivity contribution in [2.24, 2.45) is 0 Å². The molecule has 2 heterocycles. The molecule has 0 fully saturated rings. The Morgan fingerprint density at radius 2 is 1.87 bits per heavy atom. The molecule has 8 heteroatoms. The average Bonchev–Trinajstić information content (AvgIpc) is 3.12. The number of carboxylic acids is 1. The van der Waals surface area contributed by atoms with Gasteiger partial charge in [0.25, 0.3) is 0 Å².